The van der Waals surface area contributed by atoms with Crippen LogP contribution in [0.2, 0.25) is 0 Å². The summed E-state index contributed by atoms with van der Waals surface area (Å²) in [6.07, 6.45) is 1.82. The zero-order valence-corrected chi connectivity index (χ0v) is 10.6. The van der Waals surface area contributed by atoms with Crippen LogP contribution in [-0.2, 0) is 0 Å². The lowest BCUT2D eigenvalue weighted by molar-refractivity contribution is 0.0672. The smallest absolute Gasteiger partial charge is 0.270 e. The Hall–Kier alpha value is -2.01. The predicted octanol–water partition coefficient (Wildman–Crippen LogP) is 1.35. The lowest BCUT2D eigenvalue weighted by Crippen LogP contribution is -2.37. The van der Waals surface area contributed by atoms with E-state index >= 15 is 0 Å². The van der Waals surface area contributed by atoms with Gasteiger partial charge in [-0.3, -0.25) is 4.79 Å². The highest BCUT2D eigenvalue weighted by Gasteiger charge is 2.29. The Kier molecular flexibility index (Phi) is 2.91. The Bertz CT molecular complexity index is 620. The summed E-state index contributed by atoms with van der Waals surface area (Å²) in [6.45, 7) is 0.737. The van der Waals surface area contributed by atoms with Crippen molar-refractivity contribution in [3.63, 3.8) is 0 Å². The molecule has 1 aromatic heterocycles. The van der Waals surface area contributed by atoms with Crippen molar-refractivity contribution < 1.29 is 9.90 Å². The Morgan fingerprint density at radius 2 is 2.32 bits per heavy atom. The van der Waals surface area contributed by atoms with E-state index in [0.29, 0.717) is 17.9 Å². The first-order valence-electron chi connectivity index (χ1n) is 6.49. The summed E-state index contributed by atoms with van der Waals surface area (Å²) in [5, 5.41) is 10.2. The monoisotopic (exact) mass is 259 g/mol. The van der Waals surface area contributed by atoms with Gasteiger partial charge in [0.15, 0.2) is 0 Å². The fourth-order valence-corrected chi connectivity index (χ4v) is 2.71. The third-order valence-electron chi connectivity index (χ3n) is 3.72. The van der Waals surface area contributed by atoms with Crippen LogP contribution < -0.4 is 5.73 Å². The number of likely N-dealkylation sites (tertiary alicyclic amines) is 1. The van der Waals surface area contributed by atoms with Gasteiger partial charge in [-0.25, -0.2) is 0 Å². The van der Waals surface area contributed by atoms with Crippen LogP contribution in [0.3, 0.4) is 0 Å². The molecule has 1 saturated heterocycles. The van der Waals surface area contributed by atoms with Gasteiger partial charge < -0.3 is 20.7 Å². The summed E-state index contributed by atoms with van der Waals surface area (Å²) < 4.78 is 0. The van der Waals surface area contributed by atoms with E-state index in [2.05, 4.69) is 4.98 Å². The van der Waals surface area contributed by atoms with E-state index in [1.165, 1.54) is 0 Å². The second kappa shape index (κ2) is 4.59. The zero-order valence-electron chi connectivity index (χ0n) is 10.6. The van der Waals surface area contributed by atoms with E-state index in [1.54, 1.807) is 11.0 Å². The molecule has 19 heavy (non-hydrogen) atoms. The number of nitrogens with one attached hydrogen (secondary N) is 1. The molecule has 4 N–H and O–H groups in total. The summed E-state index contributed by atoms with van der Waals surface area (Å²) in [5.74, 6) is -0.0497. The van der Waals surface area contributed by atoms with Crippen LogP contribution in [-0.4, -0.2) is 40.1 Å². The topological polar surface area (TPSA) is 82.4 Å². The number of aliphatic hydroxyl groups excluding tert-OH is 1. The average molecular weight is 259 g/mol. The van der Waals surface area contributed by atoms with Crippen molar-refractivity contribution in [2.45, 2.75) is 18.9 Å². The van der Waals surface area contributed by atoms with Crippen molar-refractivity contribution in [3.05, 3.63) is 30.0 Å². The number of nitrogen functional groups attached to an aromatic ring is 1. The number of hydrogen-bond acceptors (Lipinski definition) is 3. The number of carbonyl (C=O) groups is 1. The first kappa shape index (κ1) is 12.0. The first-order chi connectivity index (χ1) is 9.19. The van der Waals surface area contributed by atoms with Gasteiger partial charge in [-0.05, 0) is 37.1 Å². The Morgan fingerprint density at radius 1 is 1.47 bits per heavy atom. The lowest BCUT2D eigenvalue weighted by Gasteiger charge is -2.22. The third-order valence-corrected chi connectivity index (χ3v) is 3.72. The van der Waals surface area contributed by atoms with Crippen molar-refractivity contribution in [3.8, 4) is 0 Å². The molecule has 0 bridgehead atoms. The number of nitrogens with two attached hydrogens (primary N) is 1. The van der Waals surface area contributed by atoms with E-state index in [4.69, 9.17) is 5.73 Å². The molecule has 1 fully saturated rings. The largest absolute Gasteiger partial charge is 0.399 e. The molecular formula is C14H17N3O2. The standard InChI is InChI=1S/C14H17N3O2/c15-10-3-4-12-9(6-10)7-13(16-12)14(19)17-5-1-2-11(17)8-18/h3-4,6-7,11,16,18H,1-2,5,8,15H2/t11-/m1/s1. The number of fused-ring (bicyclic) bond motifs is 1. The second-order valence-electron chi connectivity index (χ2n) is 5.01. The van der Waals surface area contributed by atoms with Gasteiger partial charge in [-0.1, -0.05) is 0 Å². The van der Waals surface area contributed by atoms with Gasteiger partial charge in [0, 0.05) is 23.1 Å². The number of aromatic amines is 1. The van der Waals surface area contributed by atoms with Crippen molar-refractivity contribution in [1.82, 2.24) is 9.88 Å². The van der Waals surface area contributed by atoms with Crippen molar-refractivity contribution >= 4 is 22.5 Å². The fourth-order valence-electron chi connectivity index (χ4n) is 2.71. The van der Waals surface area contributed by atoms with E-state index in [1.807, 2.05) is 18.2 Å². The van der Waals surface area contributed by atoms with Crippen LogP contribution in [0.5, 0.6) is 0 Å². The summed E-state index contributed by atoms with van der Waals surface area (Å²) in [5.41, 5.74) is 7.87. The Morgan fingerprint density at radius 3 is 3.11 bits per heavy atom. The average Bonchev–Trinajstić information content (AvgIpc) is 3.03. The highest BCUT2D eigenvalue weighted by Crippen LogP contribution is 2.23. The summed E-state index contributed by atoms with van der Waals surface area (Å²) in [7, 11) is 0. The first-order valence-corrected chi connectivity index (χ1v) is 6.49. The van der Waals surface area contributed by atoms with Gasteiger partial charge in [0.25, 0.3) is 5.91 Å². The molecule has 2 aromatic rings. The van der Waals surface area contributed by atoms with Gasteiger partial charge in [0.1, 0.15) is 5.69 Å². The summed E-state index contributed by atoms with van der Waals surface area (Å²) in [6, 6.07) is 7.29. The number of aliphatic hydroxyl groups is 1. The van der Waals surface area contributed by atoms with Crippen molar-refractivity contribution in [2.24, 2.45) is 0 Å². The molecule has 0 aliphatic carbocycles. The Labute approximate surface area is 111 Å². The molecule has 1 aromatic carbocycles. The number of carbonyl (C=O) groups excluding carboxylic acids is 1. The molecule has 0 unspecified atom stereocenters. The number of nitrogens with zero attached hydrogens (tertiary/aromatic N) is 1. The minimum Gasteiger partial charge on any atom is -0.399 e. The normalized spacial score (nSPS) is 19.2. The van der Waals surface area contributed by atoms with Gasteiger partial charge in [0.2, 0.25) is 0 Å². The van der Waals surface area contributed by atoms with Crippen LogP contribution >= 0.6 is 0 Å². The molecule has 1 amide bonds. The van der Waals surface area contributed by atoms with Crippen LogP contribution in [0, 0.1) is 0 Å². The molecule has 100 valence electrons. The minimum absolute atomic E-state index is 0.0267. The molecule has 3 rings (SSSR count). The molecule has 2 heterocycles. The number of amides is 1. The Balaban J connectivity index is 1.93. The number of anilines is 1. The predicted molar refractivity (Wildman–Crippen MR) is 73.9 cm³/mol. The summed E-state index contributed by atoms with van der Waals surface area (Å²) in [4.78, 5) is 17.3. The quantitative estimate of drug-likeness (QED) is 0.712. The number of hydrogen-bond donors (Lipinski definition) is 3. The molecule has 0 spiro atoms. The van der Waals surface area contributed by atoms with E-state index in [-0.39, 0.29) is 18.6 Å². The fraction of sp³-hybridized carbons (Fsp3) is 0.357. The number of H-pyrrole nitrogens is 1. The summed E-state index contributed by atoms with van der Waals surface area (Å²) >= 11 is 0. The van der Waals surface area contributed by atoms with Gasteiger partial charge >= 0.3 is 0 Å². The molecule has 5 nitrogen and oxygen atoms in total. The second-order valence-corrected chi connectivity index (χ2v) is 5.01. The molecule has 1 aliphatic heterocycles. The lowest BCUT2D eigenvalue weighted by atomic mass is 10.2. The number of benzene rings is 1. The molecule has 0 saturated carbocycles. The molecule has 5 heteroatoms. The van der Waals surface area contributed by atoms with Gasteiger partial charge in [0.05, 0.1) is 12.6 Å². The molecule has 0 radical (unpaired) electrons. The molecule has 1 atom stereocenters. The van der Waals surface area contributed by atoms with Crippen LogP contribution in [0.15, 0.2) is 24.3 Å². The molecular weight excluding hydrogens is 242 g/mol. The van der Waals surface area contributed by atoms with E-state index in [9.17, 15) is 9.90 Å². The van der Waals surface area contributed by atoms with Gasteiger partial charge in [-0.2, -0.15) is 0 Å². The maximum atomic E-state index is 12.4. The highest BCUT2D eigenvalue weighted by atomic mass is 16.3. The van der Waals surface area contributed by atoms with E-state index < -0.39 is 0 Å². The molecule has 1 aliphatic rings. The van der Waals surface area contributed by atoms with Crippen molar-refractivity contribution in [1.29, 1.82) is 0 Å². The number of rotatable bonds is 2. The highest BCUT2D eigenvalue weighted by molar-refractivity contribution is 5.98. The van der Waals surface area contributed by atoms with Crippen LogP contribution in [0.1, 0.15) is 23.3 Å². The minimum atomic E-state index is -0.0519. The SMILES string of the molecule is Nc1ccc2[nH]c(C(=O)N3CCC[C@@H]3CO)cc2c1. The third kappa shape index (κ3) is 2.06. The van der Waals surface area contributed by atoms with Crippen LogP contribution in [0.25, 0.3) is 10.9 Å². The van der Waals surface area contributed by atoms with Crippen LogP contribution in [0.4, 0.5) is 5.69 Å². The zero-order chi connectivity index (χ0) is 13.4. The van der Waals surface area contributed by atoms with E-state index in [0.717, 1.165) is 23.7 Å². The number of aromatic nitrogens is 1. The van der Waals surface area contributed by atoms with Crippen molar-refractivity contribution in [2.75, 3.05) is 18.9 Å². The maximum Gasteiger partial charge on any atom is 0.270 e. The maximum absolute atomic E-state index is 12.4. The van der Waals surface area contributed by atoms with Gasteiger partial charge in [-0.15, -0.1) is 0 Å².